The monoisotopic (exact) mass is 438 g/mol. The van der Waals surface area contributed by atoms with Gasteiger partial charge in [0.15, 0.2) is 5.78 Å². The molecule has 4 rings (SSSR count). The van der Waals surface area contributed by atoms with Crippen molar-refractivity contribution in [2.24, 2.45) is 0 Å². The Bertz CT molecular complexity index is 964. The number of halogens is 1. The summed E-state index contributed by atoms with van der Waals surface area (Å²) in [4.78, 5) is 30.7. The molecule has 1 unspecified atom stereocenters. The predicted molar refractivity (Wildman–Crippen MR) is 122 cm³/mol. The van der Waals surface area contributed by atoms with Gasteiger partial charge in [-0.25, -0.2) is 4.39 Å². The smallest absolute Gasteiger partial charge is 0.256 e. The maximum atomic E-state index is 14.5. The van der Waals surface area contributed by atoms with Crippen molar-refractivity contribution < 1.29 is 14.0 Å². The summed E-state index contributed by atoms with van der Waals surface area (Å²) >= 11 is 0. The van der Waals surface area contributed by atoms with E-state index in [-0.39, 0.29) is 17.3 Å². The van der Waals surface area contributed by atoms with Crippen LogP contribution in [0.5, 0.6) is 0 Å². The van der Waals surface area contributed by atoms with E-state index in [1.807, 2.05) is 17.0 Å². The van der Waals surface area contributed by atoms with Crippen LogP contribution >= 0.6 is 0 Å². The molecule has 6 nitrogen and oxygen atoms in total. The predicted octanol–water partition coefficient (Wildman–Crippen LogP) is 3.15. The molecule has 1 fully saturated rings. The average molecular weight is 439 g/mol. The van der Waals surface area contributed by atoms with Gasteiger partial charge in [-0.1, -0.05) is 13.0 Å². The Kier molecular flexibility index (Phi) is 7.05. The van der Waals surface area contributed by atoms with Crippen molar-refractivity contribution in [1.82, 2.24) is 19.3 Å². The summed E-state index contributed by atoms with van der Waals surface area (Å²) in [5.41, 5.74) is 0.998. The summed E-state index contributed by atoms with van der Waals surface area (Å²) in [6.45, 7) is 7.10. The van der Waals surface area contributed by atoms with Crippen molar-refractivity contribution in [2.75, 3.05) is 32.7 Å². The fourth-order valence-electron chi connectivity index (χ4n) is 4.50. The third kappa shape index (κ3) is 5.27. The summed E-state index contributed by atoms with van der Waals surface area (Å²) in [6.07, 6.45) is 9.02. The highest BCUT2D eigenvalue weighted by atomic mass is 19.1. The molecule has 0 bridgehead atoms. The number of carbonyl (C=O) groups excluding carboxylic acids is 2. The molecule has 1 atom stereocenters. The number of nitrogens with zero attached hydrogens (tertiary/aromatic N) is 4. The molecule has 32 heavy (non-hydrogen) atoms. The van der Waals surface area contributed by atoms with E-state index in [1.54, 1.807) is 29.3 Å². The topological polar surface area (TPSA) is 48.8 Å². The highest BCUT2D eigenvalue weighted by Gasteiger charge is 2.27. The van der Waals surface area contributed by atoms with Crippen LogP contribution in [0.1, 0.15) is 35.7 Å². The molecule has 0 radical (unpaired) electrons. The first-order valence-electron chi connectivity index (χ1n) is 11.4. The van der Waals surface area contributed by atoms with Crippen LogP contribution in [0.15, 0.2) is 55.0 Å². The van der Waals surface area contributed by atoms with E-state index in [1.165, 1.54) is 6.07 Å². The van der Waals surface area contributed by atoms with E-state index in [0.717, 1.165) is 31.6 Å². The summed E-state index contributed by atoms with van der Waals surface area (Å²) in [5, 5.41) is 0. The van der Waals surface area contributed by atoms with E-state index in [4.69, 9.17) is 0 Å². The Morgan fingerprint density at radius 1 is 1.09 bits per heavy atom. The van der Waals surface area contributed by atoms with E-state index in [0.29, 0.717) is 38.6 Å². The average Bonchev–Trinajstić information content (AvgIpc) is 3.33. The summed E-state index contributed by atoms with van der Waals surface area (Å²) in [7, 11) is 0. The quantitative estimate of drug-likeness (QED) is 0.666. The van der Waals surface area contributed by atoms with Gasteiger partial charge in [0, 0.05) is 76.9 Å². The lowest BCUT2D eigenvalue weighted by Gasteiger charge is -2.39. The van der Waals surface area contributed by atoms with E-state index in [9.17, 15) is 14.0 Å². The fraction of sp³-hybridized carbons (Fsp3) is 0.440. The van der Waals surface area contributed by atoms with Crippen molar-refractivity contribution in [1.29, 1.82) is 0 Å². The zero-order valence-corrected chi connectivity index (χ0v) is 18.6. The van der Waals surface area contributed by atoms with Gasteiger partial charge < -0.3 is 14.4 Å². The Morgan fingerprint density at radius 3 is 2.50 bits per heavy atom. The van der Waals surface area contributed by atoms with Crippen LogP contribution in [0.25, 0.3) is 0 Å². The Morgan fingerprint density at radius 2 is 1.84 bits per heavy atom. The SMILES string of the molecule is CCC(Cn1cccc1)N1CCN(C(=O)c2cc(CN3C=CC(=O)CC3)ccc2F)CC1. The van der Waals surface area contributed by atoms with Gasteiger partial charge in [-0.05, 0) is 42.3 Å². The van der Waals surface area contributed by atoms with Gasteiger partial charge in [0.1, 0.15) is 5.82 Å². The van der Waals surface area contributed by atoms with Crippen LogP contribution in [-0.4, -0.2) is 69.7 Å². The zero-order chi connectivity index (χ0) is 22.5. The van der Waals surface area contributed by atoms with Crippen LogP contribution in [0.4, 0.5) is 4.39 Å². The zero-order valence-electron chi connectivity index (χ0n) is 18.6. The molecule has 0 spiro atoms. The molecule has 7 heteroatoms. The van der Waals surface area contributed by atoms with E-state index < -0.39 is 5.82 Å². The summed E-state index contributed by atoms with van der Waals surface area (Å²) < 4.78 is 16.7. The molecule has 1 saturated heterocycles. The number of piperazine rings is 1. The first kappa shape index (κ1) is 22.3. The first-order chi connectivity index (χ1) is 15.5. The van der Waals surface area contributed by atoms with Gasteiger partial charge >= 0.3 is 0 Å². The third-order valence-electron chi connectivity index (χ3n) is 6.44. The van der Waals surface area contributed by atoms with E-state index >= 15 is 0 Å². The molecule has 1 amide bonds. The molecule has 1 aromatic carbocycles. The van der Waals surface area contributed by atoms with Crippen LogP contribution in [0.3, 0.4) is 0 Å². The van der Waals surface area contributed by atoms with Gasteiger partial charge in [-0.15, -0.1) is 0 Å². The van der Waals surface area contributed by atoms with Crippen LogP contribution in [-0.2, 0) is 17.9 Å². The second kappa shape index (κ2) is 10.1. The normalized spacial score (nSPS) is 18.2. The number of ketones is 1. The molecule has 2 aromatic rings. The molecule has 0 saturated carbocycles. The first-order valence-corrected chi connectivity index (χ1v) is 11.4. The van der Waals surface area contributed by atoms with Crippen molar-refractivity contribution in [2.45, 2.75) is 38.9 Å². The number of benzene rings is 1. The minimum atomic E-state index is -0.482. The molecule has 2 aliphatic heterocycles. The van der Waals surface area contributed by atoms with Crippen LogP contribution in [0, 0.1) is 5.82 Å². The van der Waals surface area contributed by atoms with Crippen molar-refractivity contribution in [3.8, 4) is 0 Å². The van der Waals surface area contributed by atoms with Gasteiger partial charge in [0.05, 0.1) is 5.56 Å². The Hall–Kier alpha value is -2.93. The van der Waals surface area contributed by atoms with Crippen LogP contribution < -0.4 is 0 Å². The van der Waals surface area contributed by atoms with E-state index in [2.05, 4.69) is 28.8 Å². The minimum absolute atomic E-state index is 0.119. The molecule has 0 aliphatic carbocycles. The number of hydrogen-bond acceptors (Lipinski definition) is 4. The van der Waals surface area contributed by atoms with Gasteiger partial charge in [-0.3, -0.25) is 14.5 Å². The van der Waals surface area contributed by atoms with Gasteiger partial charge in [0.2, 0.25) is 0 Å². The highest BCUT2D eigenvalue weighted by Crippen LogP contribution is 2.19. The van der Waals surface area contributed by atoms with Crippen molar-refractivity contribution in [3.05, 3.63) is 71.9 Å². The molecule has 170 valence electrons. The highest BCUT2D eigenvalue weighted by molar-refractivity contribution is 5.94. The Balaban J connectivity index is 1.37. The lowest BCUT2D eigenvalue weighted by Crippen LogP contribution is -2.52. The number of rotatable bonds is 7. The molecule has 3 heterocycles. The number of aromatic nitrogens is 1. The minimum Gasteiger partial charge on any atom is -0.372 e. The number of carbonyl (C=O) groups is 2. The summed E-state index contributed by atoms with van der Waals surface area (Å²) in [6, 6.07) is 9.24. The second-order valence-electron chi connectivity index (χ2n) is 8.59. The summed E-state index contributed by atoms with van der Waals surface area (Å²) in [5.74, 6) is -0.606. The maximum Gasteiger partial charge on any atom is 0.256 e. The molecular formula is C25H31FN4O2. The number of amides is 1. The lowest BCUT2D eigenvalue weighted by molar-refractivity contribution is -0.115. The van der Waals surface area contributed by atoms with Crippen molar-refractivity contribution in [3.63, 3.8) is 0 Å². The lowest BCUT2D eigenvalue weighted by atomic mass is 10.1. The standard InChI is InChI=1S/C25H31FN4O2/c1-2-21(19-27-9-3-4-10-27)29-13-15-30(16-14-29)25(32)23-17-20(5-6-24(23)26)18-28-11-7-22(31)8-12-28/h3-7,9-11,17,21H,2,8,12-16,18-19H2,1H3. The molecule has 0 N–H and O–H groups in total. The fourth-order valence-corrected chi connectivity index (χ4v) is 4.50. The molecule has 2 aliphatic rings. The van der Waals surface area contributed by atoms with Gasteiger partial charge in [-0.2, -0.15) is 0 Å². The second-order valence-corrected chi connectivity index (χ2v) is 8.59. The Labute approximate surface area is 188 Å². The van der Waals surface area contributed by atoms with Crippen LogP contribution in [0.2, 0.25) is 0 Å². The largest absolute Gasteiger partial charge is 0.372 e. The third-order valence-corrected chi connectivity index (χ3v) is 6.44. The molecule has 1 aromatic heterocycles. The van der Waals surface area contributed by atoms with Crippen molar-refractivity contribution >= 4 is 11.7 Å². The number of allylic oxidation sites excluding steroid dienone is 1. The molecular weight excluding hydrogens is 407 g/mol. The number of hydrogen-bond donors (Lipinski definition) is 0. The maximum absolute atomic E-state index is 14.5. The van der Waals surface area contributed by atoms with Gasteiger partial charge in [0.25, 0.3) is 5.91 Å².